The predicted octanol–water partition coefficient (Wildman–Crippen LogP) is 3.30. The van der Waals surface area contributed by atoms with Gasteiger partial charge in [-0.15, -0.1) is 0 Å². The SMILES string of the molecule is CCC(N)C(Sc1nc(C)cc(=O)[nH]1)c1ccc(Cl)cc1. The van der Waals surface area contributed by atoms with Crippen LogP contribution in [0, 0.1) is 6.92 Å². The van der Waals surface area contributed by atoms with E-state index in [2.05, 4.69) is 9.97 Å². The van der Waals surface area contributed by atoms with Crippen molar-refractivity contribution in [2.24, 2.45) is 5.73 Å². The fourth-order valence-corrected chi connectivity index (χ4v) is 3.38. The van der Waals surface area contributed by atoms with Gasteiger partial charge in [0.2, 0.25) is 0 Å². The minimum absolute atomic E-state index is 0.0113. The van der Waals surface area contributed by atoms with Crippen LogP contribution < -0.4 is 11.3 Å². The molecule has 1 heterocycles. The molecule has 2 unspecified atom stereocenters. The molecule has 2 aromatic rings. The van der Waals surface area contributed by atoms with Gasteiger partial charge < -0.3 is 10.7 Å². The predicted molar refractivity (Wildman–Crippen MR) is 87.9 cm³/mol. The van der Waals surface area contributed by atoms with Crippen LogP contribution in [0.25, 0.3) is 0 Å². The summed E-state index contributed by atoms with van der Waals surface area (Å²) in [5.41, 5.74) is 7.86. The smallest absolute Gasteiger partial charge is 0.251 e. The summed E-state index contributed by atoms with van der Waals surface area (Å²) < 4.78 is 0. The number of rotatable bonds is 5. The number of aromatic nitrogens is 2. The second kappa shape index (κ2) is 7.11. The van der Waals surface area contributed by atoms with Crippen molar-refractivity contribution in [2.75, 3.05) is 0 Å². The first-order chi connectivity index (χ1) is 9.99. The lowest BCUT2D eigenvalue weighted by molar-refractivity contribution is 0.632. The van der Waals surface area contributed by atoms with Crippen LogP contribution in [0.4, 0.5) is 0 Å². The Morgan fingerprint density at radius 1 is 1.38 bits per heavy atom. The maximum absolute atomic E-state index is 11.6. The average Bonchev–Trinajstić information content (AvgIpc) is 2.44. The Balaban J connectivity index is 2.32. The monoisotopic (exact) mass is 323 g/mol. The molecule has 2 rings (SSSR count). The van der Waals surface area contributed by atoms with Crippen molar-refractivity contribution in [3.63, 3.8) is 0 Å². The van der Waals surface area contributed by atoms with Crippen molar-refractivity contribution in [3.8, 4) is 0 Å². The lowest BCUT2D eigenvalue weighted by atomic mass is 10.0. The lowest BCUT2D eigenvalue weighted by Gasteiger charge is -2.22. The molecule has 4 nitrogen and oxygen atoms in total. The fraction of sp³-hybridized carbons (Fsp3) is 0.333. The largest absolute Gasteiger partial charge is 0.326 e. The molecule has 0 fully saturated rings. The van der Waals surface area contributed by atoms with Crippen LogP contribution in [0.15, 0.2) is 40.3 Å². The zero-order chi connectivity index (χ0) is 15.4. The fourth-order valence-electron chi connectivity index (χ4n) is 2.00. The molecule has 21 heavy (non-hydrogen) atoms. The van der Waals surface area contributed by atoms with E-state index < -0.39 is 0 Å². The Hall–Kier alpha value is -1.30. The number of nitrogens with two attached hydrogens (primary N) is 1. The Morgan fingerprint density at radius 2 is 2.05 bits per heavy atom. The van der Waals surface area contributed by atoms with E-state index in [1.165, 1.54) is 17.8 Å². The van der Waals surface area contributed by atoms with Gasteiger partial charge >= 0.3 is 0 Å². The Bertz CT molecular complexity index is 657. The highest BCUT2D eigenvalue weighted by Gasteiger charge is 2.21. The van der Waals surface area contributed by atoms with Crippen LogP contribution in [0.3, 0.4) is 0 Å². The molecular weight excluding hydrogens is 306 g/mol. The van der Waals surface area contributed by atoms with Gasteiger partial charge in [0.05, 0.1) is 5.25 Å². The third kappa shape index (κ3) is 4.33. The van der Waals surface area contributed by atoms with E-state index in [4.69, 9.17) is 17.3 Å². The average molecular weight is 324 g/mol. The maximum atomic E-state index is 11.6. The van der Waals surface area contributed by atoms with E-state index in [1.807, 2.05) is 31.2 Å². The molecular formula is C15H18ClN3OS. The highest BCUT2D eigenvalue weighted by Crippen LogP contribution is 2.36. The van der Waals surface area contributed by atoms with Gasteiger partial charge in [-0.05, 0) is 31.0 Å². The number of H-pyrrole nitrogens is 1. The van der Waals surface area contributed by atoms with Gasteiger partial charge in [0, 0.05) is 22.8 Å². The van der Waals surface area contributed by atoms with E-state index in [0.717, 1.165) is 12.0 Å². The van der Waals surface area contributed by atoms with Gasteiger partial charge in [0.25, 0.3) is 5.56 Å². The Morgan fingerprint density at radius 3 is 2.62 bits per heavy atom. The standard InChI is InChI=1S/C15H18ClN3OS/c1-3-12(17)14(10-4-6-11(16)7-5-10)21-15-18-9(2)8-13(20)19-15/h4-8,12,14H,3,17H2,1-2H3,(H,18,19,20). The van der Waals surface area contributed by atoms with Crippen molar-refractivity contribution in [3.05, 3.63) is 57.0 Å². The number of halogens is 1. The molecule has 112 valence electrons. The first-order valence-corrected chi connectivity index (χ1v) is 8.01. The summed E-state index contributed by atoms with van der Waals surface area (Å²) in [5.74, 6) is 0. The van der Waals surface area contributed by atoms with E-state index in [0.29, 0.717) is 15.9 Å². The number of nitrogens with zero attached hydrogens (tertiary/aromatic N) is 1. The summed E-state index contributed by atoms with van der Waals surface area (Å²) in [6.07, 6.45) is 0.830. The van der Waals surface area contributed by atoms with Gasteiger partial charge in [-0.2, -0.15) is 0 Å². The number of aromatic amines is 1. The van der Waals surface area contributed by atoms with E-state index >= 15 is 0 Å². The first kappa shape index (κ1) is 16.1. The number of hydrogen-bond acceptors (Lipinski definition) is 4. The summed E-state index contributed by atoms with van der Waals surface area (Å²) in [7, 11) is 0. The summed E-state index contributed by atoms with van der Waals surface area (Å²) >= 11 is 7.41. The minimum Gasteiger partial charge on any atom is -0.326 e. The lowest BCUT2D eigenvalue weighted by Crippen LogP contribution is -2.26. The van der Waals surface area contributed by atoms with E-state index in [1.54, 1.807) is 6.92 Å². The minimum atomic E-state index is -0.148. The van der Waals surface area contributed by atoms with Gasteiger partial charge in [-0.25, -0.2) is 4.98 Å². The van der Waals surface area contributed by atoms with Gasteiger partial charge in [-0.1, -0.05) is 42.4 Å². The molecule has 0 radical (unpaired) electrons. The number of aryl methyl sites for hydroxylation is 1. The maximum Gasteiger partial charge on any atom is 0.251 e. The van der Waals surface area contributed by atoms with Crippen LogP contribution in [0.1, 0.15) is 29.9 Å². The van der Waals surface area contributed by atoms with Crippen molar-refractivity contribution in [2.45, 2.75) is 36.7 Å². The molecule has 0 aliphatic rings. The zero-order valence-corrected chi connectivity index (χ0v) is 13.5. The van der Waals surface area contributed by atoms with E-state index in [-0.39, 0.29) is 16.9 Å². The third-order valence-corrected chi connectivity index (χ3v) is 4.69. The summed E-state index contributed by atoms with van der Waals surface area (Å²) in [4.78, 5) is 18.7. The number of benzene rings is 1. The van der Waals surface area contributed by atoms with Crippen molar-refractivity contribution in [1.29, 1.82) is 0 Å². The Kier molecular flexibility index (Phi) is 5.45. The summed E-state index contributed by atoms with van der Waals surface area (Å²) in [5, 5.41) is 1.29. The van der Waals surface area contributed by atoms with Crippen molar-refractivity contribution >= 4 is 23.4 Å². The number of nitrogens with one attached hydrogen (secondary N) is 1. The van der Waals surface area contributed by atoms with Crippen LogP contribution in [-0.2, 0) is 0 Å². The molecule has 0 saturated carbocycles. The van der Waals surface area contributed by atoms with Crippen LogP contribution in [-0.4, -0.2) is 16.0 Å². The second-order valence-electron chi connectivity index (χ2n) is 4.85. The molecule has 0 spiro atoms. The van der Waals surface area contributed by atoms with Gasteiger partial charge in [-0.3, -0.25) is 4.79 Å². The molecule has 0 amide bonds. The summed E-state index contributed by atoms with van der Waals surface area (Å²) in [6, 6.07) is 9.05. The van der Waals surface area contributed by atoms with Crippen molar-refractivity contribution in [1.82, 2.24) is 9.97 Å². The van der Waals surface area contributed by atoms with Crippen LogP contribution in [0.5, 0.6) is 0 Å². The second-order valence-corrected chi connectivity index (χ2v) is 6.42. The highest BCUT2D eigenvalue weighted by molar-refractivity contribution is 7.99. The highest BCUT2D eigenvalue weighted by atomic mass is 35.5. The zero-order valence-electron chi connectivity index (χ0n) is 12.0. The first-order valence-electron chi connectivity index (χ1n) is 6.75. The van der Waals surface area contributed by atoms with Crippen LogP contribution in [0.2, 0.25) is 5.02 Å². The molecule has 2 atom stereocenters. The molecule has 0 aliphatic carbocycles. The Labute approximate surface area is 133 Å². The van der Waals surface area contributed by atoms with Crippen LogP contribution >= 0.6 is 23.4 Å². The van der Waals surface area contributed by atoms with Crippen molar-refractivity contribution < 1.29 is 0 Å². The topological polar surface area (TPSA) is 71.8 Å². The number of hydrogen-bond donors (Lipinski definition) is 2. The molecule has 1 aromatic heterocycles. The molecule has 3 N–H and O–H groups in total. The van der Waals surface area contributed by atoms with Gasteiger partial charge in [0.15, 0.2) is 5.16 Å². The van der Waals surface area contributed by atoms with E-state index in [9.17, 15) is 4.79 Å². The molecule has 0 bridgehead atoms. The number of thioether (sulfide) groups is 1. The third-order valence-electron chi connectivity index (χ3n) is 3.15. The molecule has 0 aliphatic heterocycles. The molecule has 6 heteroatoms. The van der Waals surface area contributed by atoms with Gasteiger partial charge in [0.1, 0.15) is 0 Å². The normalized spacial score (nSPS) is 13.9. The molecule has 0 saturated heterocycles. The molecule has 1 aromatic carbocycles. The summed E-state index contributed by atoms with van der Waals surface area (Å²) in [6.45, 7) is 3.84. The quantitative estimate of drug-likeness (QED) is 0.654.